The van der Waals surface area contributed by atoms with Crippen LogP contribution in [0.2, 0.25) is 0 Å². The van der Waals surface area contributed by atoms with Crippen LogP contribution in [0.5, 0.6) is 0 Å². The minimum atomic E-state index is -3.60. The molecule has 0 amide bonds. The highest BCUT2D eigenvalue weighted by molar-refractivity contribution is 7.92. The van der Waals surface area contributed by atoms with Crippen LogP contribution in [0.25, 0.3) is 16.9 Å². The van der Waals surface area contributed by atoms with E-state index in [0.29, 0.717) is 28.3 Å². The van der Waals surface area contributed by atoms with Crippen LogP contribution in [0.1, 0.15) is 29.4 Å². The van der Waals surface area contributed by atoms with Gasteiger partial charge in [-0.2, -0.15) is 0 Å². The summed E-state index contributed by atoms with van der Waals surface area (Å²) in [6.07, 6.45) is 3.31. The van der Waals surface area contributed by atoms with Gasteiger partial charge in [0.2, 0.25) is 16.0 Å². The molecular weight excluding hydrogens is 438 g/mol. The number of aryl methyl sites for hydroxylation is 2. The van der Waals surface area contributed by atoms with Gasteiger partial charge in [-0.3, -0.25) is 9.12 Å². The first-order valence-electron chi connectivity index (χ1n) is 9.79. The monoisotopic (exact) mass is 458 g/mol. The van der Waals surface area contributed by atoms with Gasteiger partial charge < -0.3 is 0 Å². The van der Waals surface area contributed by atoms with Gasteiger partial charge in [0.1, 0.15) is 17.5 Å². The minimum Gasteiger partial charge on any atom is -0.286 e. The normalized spacial score (nSPS) is 11.8. The van der Waals surface area contributed by atoms with Crippen molar-refractivity contribution in [3.63, 3.8) is 0 Å². The Balaban J connectivity index is 1.87. The average Bonchev–Trinajstić information content (AvgIpc) is 3.12. The highest BCUT2D eigenvalue weighted by atomic mass is 32.2. The number of hydrogen-bond acceptors (Lipinski definition) is 6. The van der Waals surface area contributed by atoms with E-state index in [1.165, 1.54) is 25.3 Å². The number of nitrogens with one attached hydrogen (secondary N) is 1. The maximum absolute atomic E-state index is 14.3. The molecule has 0 aliphatic rings. The van der Waals surface area contributed by atoms with Gasteiger partial charge in [-0.15, -0.1) is 10.2 Å². The second-order valence-corrected chi connectivity index (χ2v) is 9.35. The summed E-state index contributed by atoms with van der Waals surface area (Å²) in [6.45, 7) is 5.17. The van der Waals surface area contributed by atoms with Crippen molar-refractivity contribution in [1.29, 1.82) is 0 Å². The third-order valence-electron chi connectivity index (χ3n) is 5.02. The number of benzene rings is 1. The van der Waals surface area contributed by atoms with Crippen LogP contribution in [0.15, 0.2) is 36.7 Å². The zero-order valence-corrected chi connectivity index (χ0v) is 18.4. The van der Waals surface area contributed by atoms with Crippen LogP contribution >= 0.6 is 0 Å². The molecule has 1 N–H and O–H groups in total. The van der Waals surface area contributed by atoms with E-state index >= 15 is 0 Å². The zero-order chi connectivity index (χ0) is 23.0. The summed E-state index contributed by atoms with van der Waals surface area (Å²) in [6, 6.07) is 5.20. The number of fused-ring (bicyclic) bond motifs is 1. The molecule has 0 atom stereocenters. The fourth-order valence-electron chi connectivity index (χ4n) is 3.31. The van der Waals surface area contributed by atoms with Crippen molar-refractivity contribution < 1.29 is 17.2 Å². The van der Waals surface area contributed by atoms with Crippen LogP contribution in [0, 0.1) is 25.5 Å². The summed E-state index contributed by atoms with van der Waals surface area (Å²) in [4.78, 5) is 8.53. The second kappa shape index (κ2) is 8.23. The van der Waals surface area contributed by atoms with Crippen LogP contribution in [-0.4, -0.2) is 38.7 Å². The Kier molecular flexibility index (Phi) is 5.59. The second-order valence-electron chi connectivity index (χ2n) is 7.34. The van der Waals surface area contributed by atoms with E-state index in [9.17, 15) is 17.2 Å². The lowest BCUT2D eigenvalue weighted by Gasteiger charge is -2.13. The summed E-state index contributed by atoms with van der Waals surface area (Å²) in [5, 5.41) is 8.23. The van der Waals surface area contributed by atoms with Crippen molar-refractivity contribution in [2.24, 2.45) is 0 Å². The van der Waals surface area contributed by atoms with Crippen LogP contribution in [0.4, 0.5) is 14.7 Å². The van der Waals surface area contributed by atoms with Gasteiger partial charge in [0.05, 0.1) is 11.4 Å². The summed E-state index contributed by atoms with van der Waals surface area (Å²) < 4.78 is 55.8. The molecule has 8 nitrogen and oxygen atoms in total. The highest BCUT2D eigenvalue weighted by Crippen LogP contribution is 2.28. The van der Waals surface area contributed by atoms with Gasteiger partial charge in [-0.25, -0.2) is 27.2 Å². The number of pyridine rings is 1. The zero-order valence-electron chi connectivity index (χ0n) is 17.6. The topological polar surface area (TPSA) is 102 Å². The number of aromatic nitrogens is 5. The molecule has 3 heterocycles. The molecule has 4 rings (SSSR count). The first-order chi connectivity index (χ1) is 15.2. The van der Waals surface area contributed by atoms with Gasteiger partial charge in [-0.1, -0.05) is 6.07 Å². The first kappa shape index (κ1) is 21.8. The van der Waals surface area contributed by atoms with Crippen molar-refractivity contribution in [2.75, 3.05) is 10.5 Å². The fourth-order valence-corrected chi connectivity index (χ4v) is 3.83. The van der Waals surface area contributed by atoms with Crippen molar-refractivity contribution in [3.05, 3.63) is 70.8 Å². The molecule has 0 unspecified atom stereocenters. The molecule has 0 fully saturated rings. The lowest BCUT2D eigenvalue weighted by molar-refractivity contribution is 0.574. The van der Waals surface area contributed by atoms with Crippen molar-refractivity contribution in [3.8, 4) is 11.3 Å². The SMILES string of the molecule is CCS(=O)(=O)Nc1ncc(Cc2ccc(F)cc2F)c(-c2cc(C)c3nnc(C)n3c2)n1. The number of rotatable bonds is 6. The van der Waals surface area contributed by atoms with E-state index in [0.717, 1.165) is 11.6 Å². The van der Waals surface area contributed by atoms with E-state index < -0.39 is 21.7 Å². The minimum absolute atomic E-state index is 0.0838. The molecule has 32 heavy (non-hydrogen) atoms. The Morgan fingerprint density at radius 2 is 1.88 bits per heavy atom. The predicted molar refractivity (Wildman–Crippen MR) is 116 cm³/mol. The molecule has 0 spiro atoms. The number of nitrogens with zero attached hydrogens (tertiary/aromatic N) is 5. The summed E-state index contributed by atoms with van der Waals surface area (Å²) in [7, 11) is -3.60. The van der Waals surface area contributed by atoms with Crippen molar-refractivity contribution in [1.82, 2.24) is 24.6 Å². The van der Waals surface area contributed by atoms with E-state index in [-0.39, 0.29) is 23.7 Å². The molecule has 4 aromatic rings. The standard InChI is InChI=1S/C21H20F2N6O2S/c1-4-32(30,31)28-21-24-10-15(8-14-5-6-17(22)9-18(14)23)19(25-21)16-7-12(2)20-27-26-13(3)29(20)11-16/h5-7,9-11H,4,8H2,1-3H3,(H,24,25,28). The van der Waals surface area contributed by atoms with E-state index in [4.69, 9.17) is 0 Å². The smallest absolute Gasteiger partial charge is 0.237 e. The Morgan fingerprint density at radius 1 is 1.09 bits per heavy atom. The Morgan fingerprint density at radius 3 is 2.59 bits per heavy atom. The first-order valence-corrected chi connectivity index (χ1v) is 11.4. The van der Waals surface area contributed by atoms with Crippen molar-refractivity contribution in [2.45, 2.75) is 27.2 Å². The third-order valence-corrected chi connectivity index (χ3v) is 6.27. The van der Waals surface area contributed by atoms with E-state index in [2.05, 4.69) is 24.9 Å². The lowest BCUT2D eigenvalue weighted by atomic mass is 10.0. The quantitative estimate of drug-likeness (QED) is 0.475. The van der Waals surface area contributed by atoms with Gasteiger partial charge in [0.25, 0.3) is 0 Å². The highest BCUT2D eigenvalue weighted by Gasteiger charge is 2.17. The molecule has 0 aliphatic carbocycles. The molecule has 0 saturated heterocycles. The van der Waals surface area contributed by atoms with E-state index in [1.54, 1.807) is 17.5 Å². The molecule has 0 radical (unpaired) electrons. The number of hydrogen-bond donors (Lipinski definition) is 1. The van der Waals surface area contributed by atoms with Crippen LogP contribution in [0.3, 0.4) is 0 Å². The average molecular weight is 458 g/mol. The van der Waals surface area contributed by atoms with Gasteiger partial charge in [-0.05, 0) is 44.0 Å². The molecule has 3 aromatic heterocycles. The molecule has 166 valence electrons. The van der Waals surface area contributed by atoms with Crippen LogP contribution < -0.4 is 4.72 Å². The molecule has 11 heteroatoms. The van der Waals surface area contributed by atoms with Gasteiger partial charge in [0, 0.05) is 36.0 Å². The maximum atomic E-state index is 14.3. The summed E-state index contributed by atoms with van der Waals surface area (Å²) in [5.41, 5.74) is 3.37. The Bertz CT molecular complexity index is 1440. The van der Waals surface area contributed by atoms with Crippen LogP contribution in [-0.2, 0) is 16.4 Å². The largest absolute Gasteiger partial charge is 0.286 e. The Hall–Kier alpha value is -3.47. The molecule has 1 aromatic carbocycles. The fraction of sp³-hybridized carbons (Fsp3) is 0.238. The van der Waals surface area contributed by atoms with E-state index in [1.807, 2.05) is 13.0 Å². The van der Waals surface area contributed by atoms with Gasteiger partial charge in [0.15, 0.2) is 5.65 Å². The number of anilines is 1. The molecule has 0 saturated carbocycles. The summed E-state index contributed by atoms with van der Waals surface area (Å²) >= 11 is 0. The third kappa shape index (κ3) is 4.28. The van der Waals surface area contributed by atoms with Gasteiger partial charge >= 0.3 is 0 Å². The Labute approximate surface area is 183 Å². The van der Waals surface area contributed by atoms with Crippen molar-refractivity contribution >= 4 is 21.6 Å². The molecule has 0 bridgehead atoms. The molecule has 0 aliphatic heterocycles. The maximum Gasteiger partial charge on any atom is 0.237 e. The number of sulfonamides is 1. The predicted octanol–water partition coefficient (Wildman–Crippen LogP) is 3.43. The summed E-state index contributed by atoms with van der Waals surface area (Å²) in [5.74, 6) is -0.927. The lowest BCUT2D eigenvalue weighted by Crippen LogP contribution is -2.17. The molecular formula is C21H20F2N6O2S. The number of halogens is 2.